The standard InChI is InChI=1S/C6H4I2O/c7-4-2-1-3-5(8)6(4)9/h1-3,9H/i7-4,8-4. The van der Waals surface area contributed by atoms with Crippen LogP contribution in [0.15, 0.2) is 18.2 Å². The SMILES string of the molecule is Oc1c([123I])cccc1[123I]. The molecule has 0 fully saturated rings. The van der Waals surface area contributed by atoms with Gasteiger partial charge in [-0.05, 0) is 57.3 Å². The monoisotopic (exact) mass is 338 g/mol. The molecule has 1 N–H and O–H groups in total. The summed E-state index contributed by atoms with van der Waals surface area (Å²) in [7, 11) is 0. The van der Waals surface area contributed by atoms with Gasteiger partial charge in [-0.15, -0.1) is 0 Å². The van der Waals surface area contributed by atoms with Gasteiger partial charge in [0, 0.05) is 0 Å². The van der Waals surface area contributed by atoms with Crippen LogP contribution in [0.3, 0.4) is 0 Å². The fourth-order valence-electron chi connectivity index (χ4n) is 0.489. The highest BCUT2D eigenvalue weighted by molar-refractivity contribution is 14.1. The van der Waals surface area contributed by atoms with E-state index in [1.54, 1.807) is 0 Å². The fraction of sp³-hybridized carbons (Fsp3) is 0. The highest BCUT2D eigenvalue weighted by atomic mass is 123. The number of para-hydroxylation sites is 1. The Morgan fingerprint density at radius 3 is 1.89 bits per heavy atom. The third kappa shape index (κ3) is 1.70. The van der Waals surface area contributed by atoms with Crippen LogP contribution in [-0.4, -0.2) is 5.11 Å². The lowest BCUT2D eigenvalue weighted by atomic mass is 10.3. The molecular formula is C6H4I2O. The largest absolute Gasteiger partial charge is 0.506 e. The molecule has 0 saturated heterocycles. The van der Waals surface area contributed by atoms with Crippen LogP contribution in [0.5, 0.6) is 5.75 Å². The zero-order valence-electron chi connectivity index (χ0n) is 4.44. The van der Waals surface area contributed by atoms with Gasteiger partial charge in [0.15, 0.2) is 0 Å². The zero-order chi connectivity index (χ0) is 6.85. The van der Waals surface area contributed by atoms with E-state index in [0.29, 0.717) is 5.75 Å². The summed E-state index contributed by atoms with van der Waals surface area (Å²) >= 11 is 4.19. The van der Waals surface area contributed by atoms with E-state index in [0.717, 1.165) is 7.14 Å². The van der Waals surface area contributed by atoms with E-state index < -0.39 is 0 Å². The van der Waals surface area contributed by atoms with Gasteiger partial charge >= 0.3 is 0 Å². The Kier molecular flexibility index (Phi) is 2.57. The molecule has 0 amide bonds. The first kappa shape index (κ1) is 7.59. The second-order valence-electron chi connectivity index (χ2n) is 1.57. The third-order valence-electron chi connectivity index (χ3n) is 0.938. The van der Waals surface area contributed by atoms with Crippen molar-refractivity contribution in [2.45, 2.75) is 0 Å². The number of hydrogen-bond donors (Lipinski definition) is 1. The average molecular weight is 338 g/mol. The van der Waals surface area contributed by atoms with Crippen molar-refractivity contribution in [3.63, 3.8) is 0 Å². The predicted molar refractivity (Wildman–Crippen MR) is 53.5 cm³/mol. The van der Waals surface area contributed by atoms with E-state index in [2.05, 4.69) is 45.2 Å². The molecule has 0 aliphatic heterocycles. The smallest absolute Gasteiger partial charge is 0.142 e. The topological polar surface area (TPSA) is 20.2 Å². The van der Waals surface area contributed by atoms with Gasteiger partial charge in [0.05, 0.1) is 7.14 Å². The second-order valence-corrected chi connectivity index (χ2v) is 3.89. The minimum Gasteiger partial charge on any atom is -0.506 e. The number of halogens is 2. The van der Waals surface area contributed by atoms with Gasteiger partial charge in [0.25, 0.3) is 0 Å². The Balaban J connectivity index is 3.25. The molecule has 9 heavy (non-hydrogen) atoms. The van der Waals surface area contributed by atoms with E-state index in [1.165, 1.54) is 0 Å². The molecule has 1 rings (SSSR count). The highest BCUT2D eigenvalue weighted by Gasteiger charge is 1.98. The van der Waals surface area contributed by atoms with Gasteiger partial charge in [-0.1, -0.05) is 6.07 Å². The molecule has 0 heterocycles. The van der Waals surface area contributed by atoms with Crippen LogP contribution in [0.2, 0.25) is 0 Å². The molecule has 0 unspecified atom stereocenters. The molecule has 0 saturated carbocycles. The van der Waals surface area contributed by atoms with Gasteiger partial charge in [-0.2, -0.15) is 0 Å². The molecule has 1 aromatic rings. The molecule has 0 aliphatic rings. The van der Waals surface area contributed by atoms with Crippen molar-refractivity contribution in [3.8, 4) is 5.75 Å². The van der Waals surface area contributed by atoms with Crippen LogP contribution in [0, 0.1) is 7.14 Å². The van der Waals surface area contributed by atoms with E-state index in [-0.39, 0.29) is 0 Å². The van der Waals surface area contributed by atoms with E-state index in [9.17, 15) is 5.11 Å². The Labute approximate surface area is 80.7 Å². The lowest BCUT2D eigenvalue weighted by molar-refractivity contribution is 0.467. The van der Waals surface area contributed by atoms with Crippen LogP contribution in [0.4, 0.5) is 0 Å². The lowest BCUT2D eigenvalue weighted by Crippen LogP contribution is -1.75. The van der Waals surface area contributed by atoms with Crippen molar-refractivity contribution >= 4 is 45.2 Å². The molecule has 1 nitrogen and oxygen atoms in total. The van der Waals surface area contributed by atoms with Crippen LogP contribution >= 0.6 is 45.2 Å². The van der Waals surface area contributed by atoms with Gasteiger partial charge in [-0.3, -0.25) is 0 Å². The molecule has 0 aliphatic carbocycles. The van der Waals surface area contributed by atoms with Crippen LogP contribution in [0.1, 0.15) is 0 Å². The normalized spacial score (nSPS) is 9.56. The summed E-state index contributed by atoms with van der Waals surface area (Å²) in [5.74, 6) is 0.388. The Morgan fingerprint density at radius 1 is 1.11 bits per heavy atom. The summed E-state index contributed by atoms with van der Waals surface area (Å²) in [6.45, 7) is 0. The maximum atomic E-state index is 9.19. The van der Waals surface area contributed by atoms with Crippen molar-refractivity contribution in [3.05, 3.63) is 25.3 Å². The number of aromatic hydroxyl groups is 1. The molecular weight excluding hydrogens is 334 g/mol. The first-order valence-corrected chi connectivity index (χ1v) is 4.50. The quantitative estimate of drug-likeness (QED) is 0.721. The van der Waals surface area contributed by atoms with Crippen LogP contribution in [-0.2, 0) is 0 Å². The summed E-state index contributed by atoms with van der Waals surface area (Å²) in [6.07, 6.45) is 0. The molecule has 1 aromatic carbocycles. The van der Waals surface area contributed by atoms with Crippen molar-refractivity contribution in [2.24, 2.45) is 0 Å². The lowest BCUT2D eigenvalue weighted by Gasteiger charge is -1.96. The Morgan fingerprint density at radius 2 is 1.56 bits per heavy atom. The van der Waals surface area contributed by atoms with Gasteiger partial charge in [0.2, 0.25) is 0 Å². The summed E-state index contributed by atoms with van der Waals surface area (Å²) in [5, 5.41) is 9.19. The van der Waals surface area contributed by atoms with E-state index in [1.807, 2.05) is 18.2 Å². The summed E-state index contributed by atoms with van der Waals surface area (Å²) in [6, 6.07) is 5.67. The molecule has 3 heteroatoms. The predicted octanol–water partition coefficient (Wildman–Crippen LogP) is 2.60. The first-order chi connectivity index (χ1) is 4.22. The maximum Gasteiger partial charge on any atom is 0.142 e. The van der Waals surface area contributed by atoms with Crippen molar-refractivity contribution in [1.29, 1.82) is 0 Å². The third-order valence-corrected chi connectivity index (χ3v) is 2.68. The Hall–Kier alpha value is 0.480. The second kappa shape index (κ2) is 3.05. The minimum absolute atomic E-state index is 0.388. The van der Waals surface area contributed by atoms with Crippen LogP contribution in [0.25, 0.3) is 0 Å². The zero-order valence-corrected chi connectivity index (χ0v) is 8.75. The summed E-state index contributed by atoms with van der Waals surface area (Å²) < 4.78 is 1.80. The molecule has 0 bridgehead atoms. The molecule has 0 aromatic heterocycles. The summed E-state index contributed by atoms with van der Waals surface area (Å²) in [5.41, 5.74) is 0. The minimum atomic E-state index is 0.388. The van der Waals surface area contributed by atoms with E-state index in [4.69, 9.17) is 0 Å². The summed E-state index contributed by atoms with van der Waals surface area (Å²) in [4.78, 5) is 0. The molecule has 0 atom stereocenters. The number of benzene rings is 1. The van der Waals surface area contributed by atoms with Crippen molar-refractivity contribution in [1.82, 2.24) is 0 Å². The highest BCUT2D eigenvalue weighted by Crippen LogP contribution is 2.24. The maximum absolute atomic E-state index is 9.19. The first-order valence-electron chi connectivity index (χ1n) is 2.35. The van der Waals surface area contributed by atoms with Crippen molar-refractivity contribution in [2.75, 3.05) is 0 Å². The Bertz CT molecular complexity index is 202. The molecule has 0 spiro atoms. The van der Waals surface area contributed by atoms with Crippen molar-refractivity contribution < 1.29 is 5.11 Å². The number of phenols is 1. The van der Waals surface area contributed by atoms with Gasteiger partial charge in [0.1, 0.15) is 5.75 Å². The molecule has 48 valence electrons. The number of hydrogen-bond acceptors (Lipinski definition) is 1. The number of phenolic OH excluding ortho intramolecular Hbond substituents is 1. The molecule has 0 radical (unpaired) electrons. The van der Waals surface area contributed by atoms with E-state index >= 15 is 0 Å². The van der Waals surface area contributed by atoms with Gasteiger partial charge < -0.3 is 5.11 Å². The number of rotatable bonds is 0. The van der Waals surface area contributed by atoms with Gasteiger partial charge in [-0.25, -0.2) is 0 Å². The average Bonchev–Trinajstić information content (AvgIpc) is 1.83. The fourth-order valence-corrected chi connectivity index (χ4v) is 2.00. The van der Waals surface area contributed by atoms with Crippen LogP contribution < -0.4 is 0 Å².